The van der Waals surface area contributed by atoms with Crippen molar-refractivity contribution in [1.82, 2.24) is 5.32 Å². The number of rotatable bonds is 8. The minimum absolute atomic E-state index is 0.0563. The minimum atomic E-state index is -0.318. The van der Waals surface area contributed by atoms with Gasteiger partial charge in [-0.1, -0.05) is 44.7 Å². The van der Waals surface area contributed by atoms with E-state index in [1.54, 1.807) is 39.5 Å². The zero-order chi connectivity index (χ0) is 24.2. The molecular formula is C26H31NO5S. The molecule has 0 spiro atoms. The van der Waals surface area contributed by atoms with Crippen LogP contribution in [0.25, 0.3) is 0 Å². The summed E-state index contributed by atoms with van der Waals surface area (Å²) in [6.07, 6.45) is 0. The maximum absolute atomic E-state index is 12.7. The Morgan fingerprint density at radius 3 is 2.21 bits per heavy atom. The van der Waals surface area contributed by atoms with Crippen molar-refractivity contribution in [3.8, 4) is 17.2 Å². The van der Waals surface area contributed by atoms with Crippen LogP contribution in [0.2, 0.25) is 0 Å². The number of carbonyl (C=O) groups excluding carboxylic acids is 1. The van der Waals surface area contributed by atoms with Gasteiger partial charge in [0, 0.05) is 17.0 Å². The number of benzene rings is 2. The van der Waals surface area contributed by atoms with Gasteiger partial charge in [0.15, 0.2) is 10.9 Å². The minimum Gasteiger partial charge on any atom is -0.496 e. The van der Waals surface area contributed by atoms with Crippen LogP contribution in [0.5, 0.6) is 17.2 Å². The molecule has 0 bridgehead atoms. The Balaban J connectivity index is 1.73. The Labute approximate surface area is 199 Å². The van der Waals surface area contributed by atoms with Crippen LogP contribution in [0.15, 0.2) is 56.9 Å². The summed E-state index contributed by atoms with van der Waals surface area (Å²) in [7, 11) is 4.70. The normalized spacial score (nSPS) is 11.2. The second-order valence-electron chi connectivity index (χ2n) is 8.64. The highest BCUT2D eigenvalue weighted by molar-refractivity contribution is 7.99. The van der Waals surface area contributed by atoms with E-state index < -0.39 is 0 Å². The highest BCUT2D eigenvalue weighted by Crippen LogP contribution is 2.36. The standard InChI is InChI=1S/C26H31NO5S/c1-16-8-9-17(26(2,3)4)12-23(16)33-24-11-10-20(32-24)25(28)27-15-19-21(30-6)13-18(29-5)14-22(19)31-7/h8-14H,15H2,1-7H3,(H,27,28). The third-order valence-electron chi connectivity index (χ3n) is 5.31. The number of nitrogens with one attached hydrogen (secondary N) is 1. The van der Waals surface area contributed by atoms with Crippen molar-refractivity contribution < 1.29 is 23.4 Å². The van der Waals surface area contributed by atoms with Crippen LogP contribution in [0.3, 0.4) is 0 Å². The van der Waals surface area contributed by atoms with E-state index in [1.807, 2.05) is 6.07 Å². The Bertz CT molecular complexity index is 1100. The Morgan fingerprint density at radius 2 is 1.64 bits per heavy atom. The van der Waals surface area contributed by atoms with Gasteiger partial charge in [-0.3, -0.25) is 4.79 Å². The maximum Gasteiger partial charge on any atom is 0.287 e. The predicted molar refractivity (Wildman–Crippen MR) is 130 cm³/mol. The van der Waals surface area contributed by atoms with Gasteiger partial charge >= 0.3 is 0 Å². The summed E-state index contributed by atoms with van der Waals surface area (Å²) in [4.78, 5) is 13.8. The van der Waals surface area contributed by atoms with E-state index in [9.17, 15) is 4.79 Å². The van der Waals surface area contributed by atoms with E-state index in [0.29, 0.717) is 27.9 Å². The fourth-order valence-electron chi connectivity index (χ4n) is 3.29. The second kappa shape index (κ2) is 10.3. The van der Waals surface area contributed by atoms with Gasteiger partial charge in [-0.15, -0.1) is 0 Å². The number of furan rings is 1. The van der Waals surface area contributed by atoms with Gasteiger partial charge < -0.3 is 23.9 Å². The van der Waals surface area contributed by atoms with Crippen LogP contribution in [0.4, 0.5) is 0 Å². The van der Waals surface area contributed by atoms with E-state index >= 15 is 0 Å². The first-order valence-electron chi connectivity index (χ1n) is 10.6. The van der Waals surface area contributed by atoms with Crippen molar-refractivity contribution in [1.29, 1.82) is 0 Å². The Hall–Kier alpha value is -3.06. The lowest BCUT2D eigenvalue weighted by atomic mass is 9.87. The van der Waals surface area contributed by atoms with Crippen LogP contribution in [-0.4, -0.2) is 27.2 Å². The highest BCUT2D eigenvalue weighted by atomic mass is 32.2. The fourth-order valence-corrected chi connectivity index (χ4v) is 4.19. The molecule has 1 N–H and O–H groups in total. The van der Waals surface area contributed by atoms with Crippen molar-refractivity contribution in [2.24, 2.45) is 0 Å². The number of ether oxygens (including phenoxy) is 3. The average molecular weight is 470 g/mol. The first kappa shape index (κ1) is 24.6. The largest absolute Gasteiger partial charge is 0.496 e. The molecule has 176 valence electrons. The summed E-state index contributed by atoms with van der Waals surface area (Å²) in [5.74, 6) is 1.67. The first-order valence-corrected chi connectivity index (χ1v) is 11.4. The molecule has 0 saturated heterocycles. The van der Waals surface area contributed by atoms with Crippen LogP contribution in [0, 0.1) is 6.92 Å². The van der Waals surface area contributed by atoms with Gasteiger partial charge in [-0.2, -0.15) is 0 Å². The third kappa shape index (κ3) is 5.85. The lowest BCUT2D eigenvalue weighted by molar-refractivity contribution is 0.0917. The number of amides is 1. The molecule has 1 amide bonds. The molecule has 1 heterocycles. The molecule has 0 unspecified atom stereocenters. The molecule has 0 saturated carbocycles. The van der Waals surface area contributed by atoms with Crippen molar-refractivity contribution >= 4 is 17.7 Å². The quantitative estimate of drug-likeness (QED) is 0.437. The summed E-state index contributed by atoms with van der Waals surface area (Å²) in [5, 5.41) is 3.54. The van der Waals surface area contributed by atoms with E-state index in [-0.39, 0.29) is 23.6 Å². The van der Waals surface area contributed by atoms with Gasteiger partial charge in [0.25, 0.3) is 5.91 Å². The summed E-state index contributed by atoms with van der Waals surface area (Å²) >= 11 is 1.51. The lowest BCUT2D eigenvalue weighted by Crippen LogP contribution is -2.23. The van der Waals surface area contributed by atoms with E-state index in [1.165, 1.54) is 17.3 Å². The monoisotopic (exact) mass is 469 g/mol. The molecule has 3 aromatic rings. The van der Waals surface area contributed by atoms with Gasteiger partial charge in [-0.05, 0) is 41.7 Å². The molecule has 0 radical (unpaired) electrons. The zero-order valence-corrected chi connectivity index (χ0v) is 21.0. The maximum atomic E-state index is 12.7. The molecule has 0 fully saturated rings. The summed E-state index contributed by atoms with van der Waals surface area (Å²) in [6, 6.07) is 13.5. The highest BCUT2D eigenvalue weighted by Gasteiger charge is 2.18. The molecular weight excluding hydrogens is 438 g/mol. The van der Waals surface area contributed by atoms with Crippen LogP contribution >= 0.6 is 11.8 Å². The summed E-state index contributed by atoms with van der Waals surface area (Å²) in [6.45, 7) is 8.85. The van der Waals surface area contributed by atoms with Gasteiger partial charge in [-0.25, -0.2) is 0 Å². The van der Waals surface area contributed by atoms with Crippen LogP contribution < -0.4 is 19.5 Å². The van der Waals surface area contributed by atoms with E-state index in [4.69, 9.17) is 18.6 Å². The molecule has 2 aromatic carbocycles. The summed E-state index contributed by atoms with van der Waals surface area (Å²) < 4.78 is 22.0. The topological polar surface area (TPSA) is 69.9 Å². The Morgan fingerprint density at radius 1 is 0.970 bits per heavy atom. The van der Waals surface area contributed by atoms with Gasteiger partial charge in [0.2, 0.25) is 0 Å². The molecule has 0 aliphatic rings. The number of hydrogen-bond acceptors (Lipinski definition) is 6. The molecule has 7 heteroatoms. The lowest BCUT2D eigenvalue weighted by Gasteiger charge is -2.20. The zero-order valence-electron chi connectivity index (χ0n) is 20.2. The molecule has 1 aromatic heterocycles. The van der Waals surface area contributed by atoms with Crippen molar-refractivity contribution in [3.05, 3.63) is 64.9 Å². The van der Waals surface area contributed by atoms with Crippen molar-refractivity contribution in [2.45, 2.75) is 49.6 Å². The second-order valence-corrected chi connectivity index (χ2v) is 9.69. The number of aryl methyl sites for hydroxylation is 1. The predicted octanol–water partition coefficient (Wildman–Crippen LogP) is 5.99. The number of carbonyl (C=O) groups is 1. The molecule has 0 aliphatic carbocycles. The number of hydrogen-bond donors (Lipinski definition) is 1. The SMILES string of the molecule is COc1cc(OC)c(CNC(=O)c2ccc(Sc3cc(C(C)(C)C)ccc3C)o2)c(OC)c1. The summed E-state index contributed by atoms with van der Waals surface area (Å²) in [5.41, 5.74) is 3.18. The van der Waals surface area contributed by atoms with Gasteiger partial charge in [0.05, 0.1) is 33.4 Å². The fraction of sp³-hybridized carbons (Fsp3) is 0.346. The smallest absolute Gasteiger partial charge is 0.287 e. The van der Waals surface area contributed by atoms with Crippen LogP contribution in [-0.2, 0) is 12.0 Å². The molecule has 0 aliphatic heterocycles. The first-order chi connectivity index (χ1) is 15.7. The average Bonchev–Trinajstić information content (AvgIpc) is 3.26. The molecule has 0 atom stereocenters. The molecule has 33 heavy (non-hydrogen) atoms. The third-order valence-corrected chi connectivity index (χ3v) is 6.39. The number of methoxy groups -OCH3 is 3. The van der Waals surface area contributed by atoms with Crippen molar-refractivity contribution in [2.75, 3.05) is 21.3 Å². The van der Waals surface area contributed by atoms with Crippen LogP contribution in [0.1, 0.15) is 48.0 Å². The van der Waals surface area contributed by atoms with E-state index in [0.717, 1.165) is 10.5 Å². The van der Waals surface area contributed by atoms with E-state index in [2.05, 4.69) is 51.2 Å². The van der Waals surface area contributed by atoms with Gasteiger partial charge in [0.1, 0.15) is 17.2 Å². The Kier molecular flexibility index (Phi) is 7.64. The van der Waals surface area contributed by atoms with Crippen molar-refractivity contribution in [3.63, 3.8) is 0 Å². The molecule has 3 rings (SSSR count). The molecule has 6 nitrogen and oxygen atoms in total.